The lowest BCUT2D eigenvalue weighted by atomic mass is 10.2. The summed E-state index contributed by atoms with van der Waals surface area (Å²) >= 11 is 11.1. The molecular formula is C20H20Cl2F3NO5. The Balaban J connectivity index is 1.88. The van der Waals surface area contributed by atoms with E-state index in [1.165, 1.54) is 26.4 Å². The second kappa shape index (κ2) is 11.8. The molecule has 0 aliphatic heterocycles. The molecule has 0 saturated heterocycles. The minimum Gasteiger partial charge on any atom is -0.493 e. The number of benzene rings is 1. The molecular weight excluding hydrogens is 462 g/mol. The van der Waals surface area contributed by atoms with E-state index < -0.39 is 11.7 Å². The van der Waals surface area contributed by atoms with Crippen molar-refractivity contribution in [2.45, 2.75) is 12.6 Å². The van der Waals surface area contributed by atoms with Crippen LogP contribution in [0.2, 0.25) is 0 Å². The molecule has 0 fully saturated rings. The number of pyridine rings is 1. The third kappa shape index (κ3) is 7.91. The molecule has 1 aromatic carbocycles. The summed E-state index contributed by atoms with van der Waals surface area (Å²) in [5, 5.41) is 0. The zero-order valence-corrected chi connectivity index (χ0v) is 18.2. The van der Waals surface area contributed by atoms with Crippen LogP contribution in [0.5, 0.6) is 28.9 Å². The van der Waals surface area contributed by atoms with Gasteiger partial charge in [0.05, 0.1) is 33.0 Å². The van der Waals surface area contributed by atoms with E-state index in [-0.39, 0.29) is 30.2 Å². The highest BCUT2D eigenvalue weighted by Crippen LogP contribution is 2.41. The number of rotatable bonds is 11. The minimum absolute atomic E-state index is 0.0756. The summed E-state index contributed by atoms with van der Waals surface area (Å²) in [7, 11) is 2.95. The molecule has 170 valence electrons. The SMILES string of the molecule is COc1cc(OCCCOc2ccc(C(F)(F)F)cn2)cc(OC)c1OCC=C(Cl)Cl. The molecule has 1 heterocycles. The van der Waals surface area contributed by atoms with Crippen molar-refractivity contribution in [3.63, 3.8) is 0 Å². The highest BCUT2D eigenvalue weighted by atomic mass is 35.5. The van der Waals surface area contributed by atoms with Crippen LogP contribution in [0.1, 0.15) is 12.0 Å². The average Bonchev–Trinajstić information content (AvgIpc) is 2.73. The maximum absolute atomic E-state index is 12.5. The fraction of sp³-hybridized carbons (Fsp3) is 0.350. The maximum atomic E-state index is 12.5. The van der Waals surface area contributed by atoms with Gasteiger partial charge in [0, 0.05) is 30.8 Å². The molecule has 0 saturated carbocycles. The van der Waals surface area contributed by atoms with E-state index in [4.69, 9.17) is 46.9 Å². The number of nitrogens with zero attached hydrogens (tertiary/aromatic N) is 1. The third-order valence-corrected chi connectivity index (χ3v) is 4.08. The topological polar surface area (TPSA) is 59.0 Å². The Morgan fingerprint density at radius 1 is 1.00 bits per heavy atom. The van der Waals surface area contributed by atoms with E-state index in [1.54, 1.807) is 12.1 Å². The van der Waals surface area contributed by atoms with Crippen LogP contribution in [0.25, 0.3) is 0 Å². The van der Waals surface area contributed by atoms with Gasteiger partial charge in [-0.15, -0.1) is 0 Å². The molecule has 0 N–H and O–H groups in total. The standard InChI is InChI=1S/C20H20Cl2F3NO5/c1-27-15-10-14(11-16(28-2)19(15)31-9-6-17(21)22)29-7-3-8-30-18-5-4-13(12-26-18)20(23,24)25/h4-6,10-12H,3,7-9H2,1-2H3. The Labute approximate surface area is 187 Å². The fourth-order valence-electron chi connectivity index (χ4n) is 2.33. The Kier molecular flexibility index (Phi) is 9.39. The quantitative estimate of drug-likeness (QED) is 0.385. The number of halogens is 5. The van der Waals surface area contributed by atoms with Crippen LogP contribution in [-0.2, 0) is 6.18 Å². The van der Waals surface area contributed by atoms with Crippen molar-refractivity contribution in [3.8, 4) is 28.9 Å². The molecule has 1 aromatic heterocycles. The molecule has 0 atom stereocenters. The predicted octanol–water partition coefficient (Wildman–Crippen LogP) is 5.66. The average molecular weight is 482 g/mol. The number of ether oxygens (including phenoxy) is 5. The molecule has 0 aliphatic carbocycles. The molecule has 31 heavy (non-hydrogen) atoms. The van der Waals surface area contributed by atoms with Crippen LogP contribution < -0.4 is 23.7 Å². The molecule has 2 rings (SSSR count). The third-order valence-electron chi connectivity index (χ3n) is 3.77. The first-order chi connectivity index (χ1) is 14.7. The number of methoxy groups -OCH3 is 2. The normalized spacial score (nSPS) is 10.9. The zero-order chi connectivity index (χ0) is 22.9. The Morgan fingerprint density at radius 3 is 2.16 bits per heavy atom. The van der Waals surface area contributed by atoms with Crippen molar-refractivity contribution >= 4 is 23.2 Å². The lowest BCUT2D eigenvalue weighted by Gasteiger charge is -2.16. The number of hydrogen-bond acceptors (Lipinski definition) is 6. The minimum atomic E-state index is -4.43. The van der Waals surface area contributed by atoms with Crippen molar-refractivity contribution in [1.29, 1.82) is 0 Å². The van der Waals surface area contributed by atoms with Crippen molar-refractivity contribution in [3.05, 3.63) is 46.6 Å². The molecule has 2 aromatic rings. The van der Waals surface area contributed by atoms with Gasteiger partial charge in [0.2, 0.25) is 11.6 Å². The van der Waals surface area contributed by atoms with Gasteiger partial charge < -0.3 is 23.7 Å². The van der Waals surface area contributed by atoms with Crippen LogP contribution in [0.15, 0.2) is 41.0 Å². The van der Waals surface area contributed by atoms with Crippen molar-refractivity contribution in [1.82, 2.24) is 4.98 Å². The first kappa shape index (κ1) is 24.7. The molecule has 0 bridgehead atoms. The maximum Gasteiger partial charge on any atom is 0.417 e. The van der Waals surface area contributed by atoms with E-state index in [0.29, 0.717) is 29.4 Å². The first-order valence-electron chi connectivity index (χ1n) is 8.93. The molecule has 6 nitrogen and oxygen atoms in total. The molecule has 0 aliphatic rings. The number of aromatic nitrogens is 1. The lowest BCUT2D eigenvalue weighted by molar-refractivity contribution is -0.137. The van der Waals surface area contributed by atoms with Gasteiger partial charge in [0.25, 0.3) is 0 Å². The monoisotopic (exact) mass is 481 g/mol. The van der Waals surface area contributed by atoms with E-state index in [2.05, 4.69) is 4.98 Å². The van der Waals surface area contributed by atoms with Gasteiger partial charge in [-0.3, -0.25) is 0 Å². The van der Waals surface area contributed by atoms with Gasteiger partial charge >= 0.3 is 6.18 Å². The summed E-state index contributed by atoms with van der Waals surface area (Å²) in [6.45, 7) is 0.599. The van der Waals surface area contributed by atoms with E-state index in [1.807, 2.05) is 0 Å². The molecule has 11 heteroatoms. The summed E-state index contributed by atoms with van der Waals surface area (Å²) in [5.41, 5.74) is -0.833. The Morgan fingerprint density at radius 2 is 1.65 bits per heavy atom. The van der Waals surface area contributed by atoms with Crippen molar-refractivity contribution in [2.24, 2.45) is 0 Å². The van der Waals surface area contributed by atoms with Crippen LogP contribution in [-0.4, -0.2) is 39.0 Å². The lowest BCUT2D eigenvalue weighted by Crippen LogP contribution is -2.08. The Hall–Kier alpha value is -2.52. The first-order valence-corrected chi connectivity index (χ1v) is 9.69. The van der Waals surface area contributed by atoms with E-state index in [9.17, 15) is 13.2 Å². The number of alkyl halides is 3. The predicted molar refractivity (Wildman–Crippen MR) is 110 cm³/mol. The summed E-state index contributed by atoms with van der Waals surface area (Å²) in [6.07, 6.45) is -1.77. The molecule has 0 amide bonds. The van der Waals surface area contributed by atoms with Gasteiger partial charge in [-0.2, -0.15) is 13.2 Å². The van der Waals surface area contributed by atoms with Crippen molar-refractivity contribution in [2.75, 3.05) is 34.0 Å². The summed E-state index contributed by atoms with van der Waals surface area (Å²) in [6, 6.07) is 5.34. The number of hydrogen-bond donors (Lipinski definition) is 0. The van der Waals surface area contributed by atoms with Gasteiger partial charge in [-0.1, -0.05) is 23.2 Å². The second-order valence-electron chi connectivity index (χ2n) is 5.90. The highest BCUT2D eigenvalue weighted by molar-refractivity contribution is 6.55. The van der Waals surface area contributed by atoms with Gasteiger partial charge in [-0.05, 0) is 12.1 Å². The van der Waals surface area contributed by atoms with Gasteiger partial charge in [-0.25, -0.2) is 4.98 Å². The van der Waals surface area contributed by atoms with Gasteiger partial charge in [0.1, 0.15) is 16.8 Å². The smallest absolute Gasteiger partial charge is 0.417 e. The van der Waals surface area contributed by atoms with Crippen LogP contribution >= 0.6 is 23.2 Å². The summed E-state index contributed by atoms with van der Waals surface area (Å²) < 4.78 is 64.9. The van der Waals surface area contributed by atoms with Crippen LogP contribution in [0.3, 0.4) is 0 Å². The zero-order valence-electron chi connectivity index (χ0n) is 16.7. The second-order valence-corrected chi connectivity index (χ2v) is 6.90. The molecule has 0 unspecified atom stereocenters. The summed E-state index contributed by atoms with van der Waals surface area (Å²) in [5.74, 6) is 1.71. The molecule has 0 radical (unpaired) electrons. The van der Waals surface area contributed by atoms with E-state index in [0.717, 1.165) is 12.3 Å². The van der Waals surface area contributed by atoms with E-state index >= 15 is 0 Å². The molecule has 0 spiro atoms. The van der Waals surface area contributed by atoms with Crippen LogP contribution in [0, 0.1) is 0 Å². The largest absolute Gasteiger partial charge is 0.493 e. The van der Waals surface area contributed by atoms with Crippen molar-refractivity contribution < 1.29 is 36.9 Å². The van der Waals surface area contributed by atoms with Gasteiger partial charge in [0.15, 0.2) is 11.5 Å². The Bertz CT molecular complexity index is 847. The summed E-state index contributed by atoms with van der Waals surface area (Å²) in [4.78, 5) is 3.64. The van der Waals surface area contributed by atoms with Crippen LogP contribution in [0.4, 0.5) is 13.2 Å². The highest BCUT2D eigenvalue weighted by Gasteiger charge is 2.30. The fourth-order valence-corrected chi connectivity index (χ4v) is 2.45.